The fraction of sp³-hybridized carbons (Fsp3) is 0. The van der Waals surface area contributed by atoms with Gasteiger partial charge < -0.3 is 14.4 Å². The highest BCUT2D eigenvalue weighted by atomic mass is 32.1. The van der Waals surface area contributed by atoms with Gasteiger partial charge in [0, 0.05) is 81.9 Å². The first-order chi connectivity index (χ1) is 25.5. The summed E-state index contributed by atoms with van der Waals surface area (Å²) < 4.78 is 9.89. The number of rotatable bonds is 6. The van der Waals surface area contributed by atoms with E-state index in [2.05, 4.69) is 206 Å². The topological polar surface area (TPSA) is 46.1 Å². The minimum absolute atomic E-state index is 1.25. The van der Waals surface area contributed by atoms with E-state index in [1.54, 1.807) is 0 Å². The minimum atomic E-state index is -3.17. The first-order valence-corrected chi connectivity index (χ1v) is 18.4. The van der Waals surface area contributed by atoms with Gasteiger partial charge in [0.05, 0.1) is 20.9 Å². The zero-order valence-electron chi connectivity index (χ0n) is 28.2. The smallest absolute Gasteiger partial charge is 0.121 e. The van der Waals surface area contributed by atoms with Gasteiger partial charge in [-0.1, -0.05) is 95.5 Å². The molecule has 2 heterocycles. The molecule has 0 bridgehead atoms. The van der Waals surface area contributed by atoms with Crippen molar-refractivity contribution >= 4 is 30.1 Å². The molecule has 0 aliphatic rings. The van der Waals surface area contributed by atoms with Crippen molar-refractivity contribution in [3.63, 3.8) is 0 Å². The molecule has 0 unspecified atom stereocenters. The standard InChI is InChI=1S/2C23H17S.BFO2/c2*1-4-10-18(11-5-1)21-16-22(19-12-6-2-7-13-19)24-23(17-21)20-14-8-3-9-15-20;2-1(3)4/h2*1-17H;/q2*+1;-2. The molecule has 8 aromatic rings. The maximum atomic E-state index is 9.89. The molecule has 0 fully saturated rings. The van der Waals surface area contributed by atoms with Crippen LogP contribution in [-0.4, -0.2) is 7.40 Å². The van der Waals surface area contributed by atoms with Gasteiger partial charge in [-0.2, -0.15) is 0 Å². The van der Waals surface area contributed by atoms with Crippen LogP contribution >= 0.6 is 22.7 Å². The van der Waals surface area contributed by atoms with Crippen LogP contribution in [0.4, 0.5) is 4.32 Å². The second kappa shape index (κ2) is 18.6. The van der Waals surface area contributed by atoms with Crippen LogP contribution in [0.15, 0.2) is 206 Å². The normalized spacial score (nSPS) is 10.2. The molecule has 0 spiro atoms. The Morgan fingerprint density at radius 3 is 0.904 bits per heavy atom. The van der Waals surface area contributed by atoms with E-state index in [-0.39, 0.29) is 0 Å². The minimum Gasteiger partial charge on any atom is -0.867 e. The maximum Gasteiger partial charge on any atom is 0.121 e. The van der Waals surface area contributed by atoms with Crippen molar-refractivity contribution < 1.29 is 14.4 Å². The molecule has 6 heteroatoms. The molecule has 0 aliphatic heterocycles. The molecular formula is C46H34BFO2S2. The lowest BCUT2D eigenvalue weighted by atomic mass is 10.0. The second-order valence-corrected chi connectivity index (χ2v) is 13.8. The van der Waals surface area contributed by atoms with Gasteiger partial charge in [-0.05, 0) is 84.9 Å². The third kappa shape index (κ3) is 10.2. The molecule has 6 aromatic carbocycles. The lowest BCUT2D eigenvalue weighted by Crippen LogP contribution is -2.39. The van der Waals surface area contributed by atoms with Gasteiger partial charge in [0.25, 0.3) is 0 Å². The predicted octanol–water partition coefficient (Wildman–Crippen LogP) is 11.7. The predicted molar refractivity (Wildman–Crippen MR) is 217 cm³/mol. The third-order valence-electron chi connectivity index (χ3n) is 8.03. The number of benzene rings is 6. The van der Waals surface area contributed by atoms with E-state index in [0.717, 1.165) is 0 Å². The van der Waals surface area contributed by atoms with Crippen molar-refractivity contribution in [2.75, 3.05) is 0 Å². The molecule has 0 saturated heterocycles. The quantitative estimate of drug-likeness (QED) is 0.127. The molecule has 0 radical (unpaired) electrons. The third-order valence-corrected chi connectivity index (χ3v) is 10.3. The van der Waals surface area contributed by atoms with Crippen molar-refractivity contribution in [2.45, 2.75) is 0 Å². The zero-order chi connectivity index (χ0) is 36.0. The van der Waals surface area contributed by atoms with Crippen LogP contribution in [0.1, 0.15) is 0 Å². The Morgan fingerprint density at radius 2 is 0.615 bits per heavy atom. The fourth-order valence-electron chi connectivity index (χ4n) is 5.58. The van der Waals surface area contributed by atoms with Crippen molar-refractivity contribution in [1.29, 1.82) is 0 Å². The summed E-state index contributed by atoms with van der Waals surface area (Å²) in [6.45, 7) is 0. The van der Waals surface area contributed by atoms with Crippen LogP contribution in [0, 0.1) is 0 Å². The van der Waals surface area contributed by atoms with Crippen LogP contribution in [0.2, 0.25) is 0 Å². The molecule has 0 amide bonds. The van der Waals surface area contributed by atoms with E-state index in [0.29, 0.717) is 0 Å². The summed E-state index contributed by atoms with van der Waals surface area (Å²) in [5.74, 6) is 0. The summed E-state index contributed by atoms with van der Waals surface area (Å²) in [5, 5.41) is 16.6. The highest BCUT2D eigenvalue weighted by Crippen LogP contribution is 2.38. The Balaban J connectivity index is 0.000000162. The van der Waals surface area contributed by atoms with E-state index in [4.69, 9.17) is 10.0 Å². The van der Waals surface area contributed by atoms with E-state index in [1.165, 1.54) is 64.0 Å². The van der Waals surface area contributed by atoms with Gasteiger partial charge in [-0.25, -0.2) is 0 Å². The summed E-state index contributed by atoms with van der Waals surface area (Å²) in [7, 11) is -3.17. The Kier molecular flexibility index (Phi) is 12.9. The molecule has 8 rings (SSSR count). The van der Waals surface area contributed by atoms with Crippen molar-refractivity contribution in [3.05, 3.63) is 206 Å². The number of hydrogen-bond acceptors (Lipinski definition) is 4. The van der Waals surface area contributed by atoms with Gasteiger partial charge in [0.15, 0.2) is 0 Å². The Labute approximate surface area is 313 Å². The number of hydrogen-bond donors (Lipinski definition) is 0. The van der Waals surface area contributed by atoms with Crippen LogP contribution in [-0.2, 0) is 0 Å². The average molecular weight is 713 g/mol. The molecule has 2 aromatic heterocycles. The van der Waals surface area contributed by atoms with Crippen LogP contribution in [0.25, 0.3) is 64.0 Å². The van der Waals surface area contributed by atoms with E-state index in [9.17, 15) is 4.32 Å². The first-order valence-electron chi connectivity index (χ1n) is 16.8. The van der Waals surface area contributed by atoms with E-state index >= 15 is 0 Å². The van der Waals surface area contributed by atoms with Gasteiger partial charge in [-0.3, -0.25) is 0 Å². The summed E-state index contributed by atoms with van der Waals surface area (Å²) in [5.41, 5.74) is 10.1. The molecule has 52 heavy (non-hydrogen) atoms. The van der Waals surface area contributed by atoms with Gasteiger partial charge in [0.1, 0.15) is 17.1 Å². The molecule has 252 valence electrons. The fourth-order valence-corrected chi connectivity index (χ4v) is 7.81. The van der Waals surface area contributed by atoms with Crippen LogP contribution in [0.3, 0.4) is 0 Å². The summed E-state index contributed by atoms with van der Waals surface area (Å²) >= 11 is 3.67. The van der Waals surface area contributed by atoms with Crippen LogP contribution < -0.4 is 10.0 Å². The Morgan fingerprint density at radius 1 is 0.365 bits per heavy atom. The van der Waals surface area contributed by atoms with Crippen molar-refractivity contribution in [1.82, 2.24) is 0 Å². The monoisotopic (exact) mass is 712 g/mol. The molecule has 2 nitrogen and oxygen atoms in total. The first kappa shape index (κ1) is 36.2. The highest BCUT2D eigenvalue weighted by molar-refractivity contribution is 7.18. The van der Waals surface area contributed by atoms with Gasteiger partial charge >= 0.3 is 0 Å². The molecular weight excluding hydrogens is 678 g/mol. The molecule has 0 atom stereocenters. The van der Waals surface area contributed by atoms with E-state index in [1.807, 2.05) is 22.7 Å². The lowest BCUT2D eigenvalue weighted by Gasteiger charge is -2.09. The summed E-state index contributed by atoms with van der Waals surface area (Å²) in [6, 6.07) is 72.8. The Bertz CT molecular complexity index is 1820. The summed E-state index contributed by atoms with van der Waals surface area (Å²) in [4.78, 5) is 5.15. The van der Waals surface area contributed by atoms with E-state index < -0.39 is 7.40 Å². The highest BCUT2D eigenvalue weighted by Gasteiger charge is 2.15. The van der Waals surface area contributed by atoms with Crippen LogP contribution in [0.5, 0.6) is 0 Å². The van der Waals surface area contributed by atoms with Crippen molar-refractivity contribution in [2.24, 2.45) is 0 Å². The average Bonchev–Trinajstić information content (AvgIpc) is 3.22. The van der Waals surface area contributed by atoms with Gasteiger partial charge in [0.2, 0.25) is 0 Å². The molecule has 0 aliphatic carbocycles. The summed E-state index contributed by atoms with van der Waals surface area (Å²) in [6.07, 6.45) is 0. The van der Waals surface area contributed by atoms with Crippen molar-refractivity contribution in [3.8, 4) is 64.0 Å². The molecule has 0 saturated carbocycles. The zero-order valence-corrected chi connectivity index (χ0v) is 29.9. The second-order valence-electron chi connectivity index (χ2n) is 11.6. The maximum absolute atomic E-state index is 9.89. The molecule has 0 N–H and O–H groups in total. The largest absolute Gasteiger partial charge is 0.867 e. The number of halogens is 1. The lowest BCUT2D eigenvalue weighted by molar-refractivity contribution is -0.366. The Hall–Kier alpha value is -5.63. The SMILES string of the molecule is [O-]B([O-])F.c1ccc(-c2cc(-c3ccccc3)s[c+](-c3ccccc3)c2)cc1.c1ccc(-c2cc(-c3ccccc3)s[c+](-c3ccccc3)c2)cc1. The van der Waals surface area contributed by atoms with Gasteiger partial charge in [-0.15, -0.1) is 0 Å².